The molecule has 5 rings (SSSR count). The molecule has 6 nitrogen and oxygen atoms in total. The molecule has 0 atom stereocenters. The predicted octanol–water partition coefficient (Wildman–Crippen LogP) is 6.10. The van der Waals surface area contributed by atoms with E-state index in [4.69, 9.17) is 11.6 Å². The molecule has 0 spiro atoms. The maximum absolute atomic E-state index is 13.4. The smallest absolute Gasteiger partial charge is 0.268 e. The van der Waals surface area contributed by atoms with Crippen LogP contribution in [0.3, 0.4) is 0 Å². The number of benzene rings is 3. The molecule has 0 saturated heterocycles. The summed E-state index contributed by atoms with van der Waals surface area (Å²) in [7, 11) is -3.77. The van der Waals surface area contributed by atoms with E-state index in [-0.39, 0.29) is 4.90 Å². The molecule has 0 bridgehead atoms. The molecule has 0 unspecified atom stereocenters. The van der Waals surface area contributed by atoms with Gasteiger partial charge < -0.3 is 4.57 Å². The van der Waals surface area contributed by atoms with E-state index in [1.807, 2.05) is 60.0 Å². The monoisotopic (exact) mass is 508 g/mol. The van der Waals surface area contributed by atoms with Crippen LogP contribution in [0.15, 0.2) is 95.1 Å². The summed E-state index contributed by atoms with van der Waals surface area (Å²) in [5.41, 5.74) is 2.46. The van der Waals surface area contributed by atoms with Gasteiger partial charge in [-0.15, -0.1) is 10.2 Å². The highest BCUT2D eigenvalue weighted by Gasteiger charge is 2.24. The van der Waals surface area contributed by atoms with E-state index >= 15 is 0 Å². The van der Waals surface area contributed by atoms with Crippen molar-refractivity contribution in [3.05, 3.63) is 95.6 Å². The van der Waals surface area contributed by atoms with Crippen molar-refractivity contribution in [3.63, 3.8) is 0 Å². The summed E-state index contributed by atoms with van der Waals surface area (Å²) in [4.78, 5) is 0.235. The van der Waals surface area contributed by atoms with Crippen LogP contribution in [-0.4, -0.2) is 27.2 Å². The summed E-state index contributed by atoms with van der Waals surface area (Å²) in [5, 5.41) is 11.2. The van der Waals surface area contributed by atoms with E-state index < -0.39 is 10.0 Å². The summed E-state index contributed by atoms with van der Waals surface area (Å²) < 4.78 is 30.2. The first-order chi connectivity index (χ1) is 16.5. The zero-order chi connectivity index (χ0) is 23.7. The van der Waals surface area contributed by atoms with Crippen molar-refractivity contribution in [1.29, 1.82) is 0 Å². The number of aromatic nitrogens is 4. The third-order valence-corrected chi connectivity index (χ3v) is 8.51. The molecule has 0 fully saturated rings. The standard InChI is InChI=1S/C25H21ClN4O2S2/c1-2-29-24(27-28-25(29)33-17-18-12-14-19(26)15-13-18)22-16-30(23-11-7-6-10-21(22)23)34(31,32)20-8-4-3-5-9-20/h3-16H,2,17H2,1H3. The van der Waals surface area contributed by atoms with Crippen LogP contribution < -0.4 is 0 Å². The van der Waals surface area contributed by atoms with E-state index in [2.05, 4.69) is 10.2 Å². The van der Waals surface area contributed by atoms with Crippen LogP contribution in [0.2, 0.25) is 5.02 Å². The molecule has 172 valence electrons. The largest absolute Gasteiger partial charge is 0.302 e. The minimum atomic E-state index is -3.77. The van der Waals surface area contributed by atoms with Gasteiger partial charge in [-0.2, -0.15) is 0 Å². The number of hydrogen-bond donors (Lipinski definition) is 0. The van der Waals surface area contributed by atoms with E-state index in [9.17, 15) is 8.42 Å². The van der Waals surface area contributed by atoms with Crippen molar-refractivity contribution in [2.45, 2.75) is 29.3 Å². The van der Waals surface area contributed by atoms with Crippen LogP contribution in [-0.2, 0) is 22.3 Å². The molecule has 0 radical (unpaired) electrons. The second-order valence-corrected chi connectivity index (χ2v) is 10.8. The van der Waals surface area contributed by atoms with Gasteiger partial charge in [0.2, 0.25) is 0 Å². The maximum Gasteiger partial charge on any atom is 0.268 e. The highest BCUT2D eigenvalue weighted by molar-refractivity contribution is 7.98. The van der Waals surface area contributed by atoms with Crippen LogP contribution in [0.25, 0.3) is 22.3 Å². The minimum Gasteiger partial charge on any atom is -0.302 e. The summed E-state index contributed by atoms with van der Waals surface area (Å²) in [6.45, 7) is 2.68. The van der Waals surface area contributed by atoms with Crippen molar-refractivity contribution in [1.82, 2.24) is 18.7 Å². The number of thioether (sulfide) groups is 1. The lowest BCUT2D eigenvalue weighted by Crippen LogP contribution is -2.11. The third-order valence-electron chi connectivity index (χ3n) is 5.53. The van der Waals surface area contributed by atoms with E-state index in [1.165, 1.54) is 3.97 Å². The minimum absolute atomic E-state index is 0.235. The SMILES string of the molecule is CCn1c(SCc2ccc(Cl)cc2)nnc1-c1cn(S(=O)(=O)c2ccccc2)c2ccccc12. The average Bonchev–Trinajstić information content (AvgIpc) is 3.45. The van der Waals surface area contributed by atoms with Gasteiger partial charge in [0.25, 0.3) is 10.0 Å². The molecular formula is C25H21ClN4O2S2. The third kappa shape index (κ3) is 4.13. The second-order valence-electron chi connectivity index (χ2n) is 7.64. The molecule has 0 aliphatic carbocycles. The van der Waals surface area contributed by atoms with Gasteiger partial charge in [0.1, 0.15) is 0 Å². The second kappa shape index (κ2) is 9.29. The van der Waals surface area contributed by atoms with E-state index in [1.54, 1.807) is 48.3 Å². The molecular weight excluding hydrogens is 488 g/mol. The highest BCUT2D eigenvalue weighted by atomic mass is 35.5. The number of nitrogens with zero attached hydrogens (tertiary/aromatic N) is 4. The van der Waals surface area contributed by atoms with Crippen LogP contribution in [0.4, 0.5) is 0 Å². The van der Waals surface area contributed by atoms with Crippen LogP contribution >= 0.6 is 23.4 Å². The fourth-order valence-electron chi connectivity index (χ4n) is 3.84. The summed E-state index contributed by atoms with van der Waals surface area (Å²) in [6.07, 6.45) is 1.65. The molecule has 2 heterocycles. The van der Waals surface area contributed by atoms with Crippen molar-refractivity contribution >= 4 is 44.3 Å². The molecule has 2 aromatic heterocycles. The Kier molecular flexibility index (Phi) is 6.20. The first-order valence-electron chi connectivity index (χ1n) is 10.7. The van der Waals surface area contributed by atoms with Gasteiger partial charge in [-0.3, -0.25) is 0 Å². The zero-order valence-electron chi connectivity index (χ0n) is 18.3. The molecule has 5 aromatic rings. The van der Waals surface area contributed by atoms with Crippen LogP contribution in [0.1, 0.15) is 12.5 Å². The number of hydrogen-bond acceptors (Lipinski definition) is 5. The van der Waals surface area contributed by atoms with Crippen molar-refractivity contribution in [3.8, 4) is 11.4 Å². The lowest BCUT2D eigenvalue weighted by atomic mass is 10.1. The lowest BCUT2D eigenvalue weighted by molar-refractivity contribution is 0.589. The van der Waals surface area contributed by atoms with Crippen LogP contribution in [0, 0.1) is 0 Å². The Morgan fingerprint density at radius 1 is 0.912 bits per heavy atom. The summed E-state index contributed by atoms with van der Waals surface area (Å²) >= 11 is 7.57. The average molecular weight is 509 g/mol. The van der Waals surface area contributed by atoms with Gasteiger partial charge in [-0.05, 0) is 42.8 Å². The predicted molar refractivity (Wildman–Crippen MR) is 137 cm³/mol. The Hall–Kier alpha value is -3.07. The van der Waals surface area contributed by atoms with Crippen molar-refractivity contribution in [2.75, 3.05) is 0 Å². The number of para-hydroxylation sites is 1. The van der Waals surface area contributed by atoms with Gasteiger partial charge >= 0.3 is 0 Å². The summed E-state index contributed by atoms with van der Waals surface area (Å²) in [5.74, 6) is 1.36. The molecule has 0 amide bonds. The van der Waals surface area contributed by atoms with E-state index in [0.29, 0.717) is 22.9 Å². The Balaban J connectivity index is 1.57. The van der Waals surface area contributed by atoms with Gasteiger partial charge in [0.15, 0.2) is 11.0 Å². The first-order valence-corrected chi connectivity index (χ1v) is 13.5. The fourth-order valence-corrected chi connectivity index (χ4v) is 6.32. The van der Waals surface area contributed by atoms with Gasteiger partial charge in [-0.1, -0.05) is 71.9 Å². The molecule has 0 aliphatic rings. The molecule has 3 aromatic carbocycles. The Morgan fingerprint density at radius 2 is 1.62 bits per heavy atom. The lowest BCUT2D eigenvalue weighted by Gasteiger charge is -2.07. The fraction of sp³-hybridized carbons (Fsp3) is 0.120. The van der Waals surface area contributed by atoms with Crippen molar-refractivity contribution in [2.24, 2.45) is 0 Å². The number of fused-ring (bicyclic) bond motifs is 1. The Bertz CT molecular complexity index is 1560. The van der Waals surface area contributed by atoms with Crippen LogP contribution in [0.5, 0.6) is 0 Å². The molecule has 0 aliphatic heterocycles. The quantitative estimate of drug-likeness (QED) is 0.248. The molecule has 0 N–H and O–H groups in total. The summed E-state index contributed by atoms with van der Waals surface area (Å²) in [6, 6.07) is 23.6. The van der Waals surface area contributed by atoms with Crippen molar-refractivity contribution < 1.29 is 8.42 Å². The zero-order valence-corrected chi connectivity index (χ0v) is 20.7. The molecule has 34 heavy (non-hydrogen) atoms. The number of rotatable bonds is 7. The Morgan fingerprint density at radius 3 is 2.35 bits per heavy atom. The highest BCUT2D eigenvalue weighted by Crippen LogP contribution is 2.34. The normalized spacial score (nSPS) is 11.8. The van der Waals surface area contributed by atoms with Gasteiger partial charge in [0, 0.05) is 34.5 Å². The van der Waals surface area contributed by atoms with Gasteiger partial charge in [-0.25, -0.2) is 12.4 Å². The number of halogens is 1. The van der Waals surface area contributed by atoms with Gasteiger partial charge in [0.05, 0.1) is 10.4 Å². The topological polar surface area (TPSA) is 69.8 Å². The Labute approximate surface area is 207 Å². The van der Waals surface area contributed by atoms with E-state index in [0.717, 1.165) is 27.4 Å². The molecule has 0 saturated carbocycles. The maximum atomic E-state index is 13.4. The first kappa shape index (κ1) is 22.7. The molecule has 9 heteroatoms.